The number of hydrogen-bond donors (Lipinski definition) is 0. The second kappa shape index (κ2) is 10.8. The standard InChI is InChI=1S/C27H24F9N3O3/c1-13(2)42-24(41)39-19-6-7-22(27(34,35)36)37-23(19)21(11-20(39)16-4-5-16)38(14(3)40)12-15-8-17(25(28,29)30)10-18(9-15)26(31,32)33/h4,6-10,13,20-21H,5,11-12H2,1-3H3. The van der Waals surface area contributed by atoms with E-state index in [2.05, 4.69) is 4.98 Å². The summed E-state index contributed by atoms with van der Waals surface area (Å²) < 4.78 is 127. The highest BCUT2D eigenvalue weighted by Gasteiger charge is 2.46. The van der Waals surface area contributed by atoms with Crippen molar-refractivity contribution in [3.63, 3.8) is 0 Å². The quantitative estimate of drug-likeness (QED) is 0.258. The second-order valence-corrected chi connectivity index (χ2v) is 10.2. The maximum absolute atomic E-state index is 13.7. The molecule has 15 heteroatoms. The first-order valence-corrected chi connectivity index (χ1v) is 12.6. The number of carbonyl (C=O) groups is 2. The summed E-state index contributed by atoms with van der Waals surface area (Å²) in [5, 5.41) is 0. The van der Waals surface area contributed by atoms with Crippen molar-refractivity contribution < 1.29 is 53.8 Å². The third-order valence-corrected chi connectivity index (χ3v) is 6.71. The molecule has 1 aromatic heterocycles. The summed E-state index contributed by atoms with van der Waals surface area (Å²) in [6.07, 6.45) is -14.8. The number of halogens is 9. The Bertz CT molecular complexity index is 1380. The first-order chi connectivity index (χ1) is 19.3. The first-order valence-electron chi connectivity index (χ1n) is 12.6. The number of benzene rings is 1. The molecule has 0 radical (unpaired) electrons. The van der Waals surface area contributed by atoms with E-state index in [-0.39, 0.29) is 18.2 Å². The zero-order valence-corrected chi connectivity index (χ0v) is 22.3. The molecule has 0 bridgehead atoms. The Morgan fingerprint density at radius 3 is 2.00 bits per heavy atom. The van der Waals surface area contributed by atoms with Gasteiger partial charge < -0.3 is 9.64 Å². The molecule has 0 spiro atoms. The van der Waals surface area contributed by atoms with Crippen LogP contribution in [0, 0.1) is 0 Å². The smallest absolute Gasteiger partial charge is 0.433 e. The van der Waals surface area contributed by atoms with Gasteiger partial charge in [0.25, 0.3) is 0 Å². The minimum atomic E-state index is -5.15. The highest BCUT2D eigenvalue weighted by atomic mass is 19.4. The molecule has 0 fully saturated rings. The predicted octanol–water partition coefficient (Wildman–Crippen LogP) is 7.68. The number of alkyl halides is 9. The number of anilines is 1. The third-order valence-electron chi connectivity index (χ3n) is 6.71. The fourth-order valence-electron chi connectivity index (χ4n) is 4.83. The Hall–Kier alpha value is -3.78. The van der Waals surface area contributed by atoms with Crippen molar-refractivity contribution >= 4 is 17.7 Å². The predicted molar refractivity (Wildman–Crippen MR) is 130 cm³/mol. The van der Waals surface area contributed by atoms with Crippen LogP contribution < -0.4 is 4.90 Å². The molecular formula is C27H24F9N3O3. The van der Waals surface area contributed by atoms with Gasteiger partial charge in [-0.3, -0.25) is 9.69 Å². The molecule has 0 N–H and O–H groups in total. The molecule has 0 saturated heterocycles. The van der Waals surface area contributed by atoms with Gasteiger partial charge in [-0.2, -0.15) is 39.5 Å². The largest absolute Gasteiger partial charge is 0.446 e. The van der Waals surface area contributed by atoms with Crippen LogP contribution in [0.2, 0.25) is 0 Å². The average molecular weight is 609 g/mol. The van der Waals surface area contributed by atoms with Gasteiger partial charge in [0.2, 0.25) is 5.91 Å². The average Bonchev–Trinajstić information content (AvgIpc) is 3.69. The summed E-state index contributed by atoms with van der Waals surface area (Å²) >= 11 is 0. The number of nitrogens with zero attached hydrogens (tertiary/aromatic N) is 3. The molecule has 2 aromatic rings. The van der Waals surface area contributed by atoms with E-state index in [1.54, 1.807) is 19.9 Å². The van der Waals surface area contributed by atoms with Crippen LogP contribution in [-0.4, -0.2) is 34.0 Å². The van der Waals surface area contributed by atoms with Gasteiger partial charge in [-0.15, -0.1) is 0 Å². The zero-order chi connectivity index (χ0) is 31.4. The van der Waals surface area contributed by atoms with Gasteiger partial charge in [0.05, 0.1) is 40.7 Å². The van der Waals surface area contributed by atoms with Gasteiger partial charge in [0.15, 0.2) is 0 Å². The number of hydrogen-bond acceptors (Lipinski definition) is 4. The molecular weight excluding hydrogens is 585 g/mol. The molecule has 42 heavy (non-hydrogen) atoms. The molecule has 4 rings (SSSR count). The number of allylic oxidation sites excluding steroid dienone is 1. The minimum absolute atomic E-state index is 0.0670. The van der Waals surface area contributed by atoms with E-state index >= 15 is 0 Å². The van der Waals surface area contributed by atoms with Gasteiger partial charge in [-0.1, -0.05) is 6.08 Å². The maximum Gasteiger partial charge on any atom is 0.433 e. The van der Waals surface area contributed by atoms with Gasteiger partial charge in [-0.25, -0.2) is 9.78 Å². The Kier molecular flexibility index (Phi) is 8.02. The van der Waals surface area contributed by atoms with Crippen LogP contribution in [-0.2, 0) is 34.6 Å². The monoisotopic (exact) mass is 609 g/mol. The number of fused-ring (bicyclic) bond motifs is 1. The van der Waals surface area contributed by atoms with Crippen molar-refractivity contribution in [3.05, 3.63) is 70.1 Å². The Morgan fingerprint density at radius 2 is 1.55 bits per heavy atom. The molecule has 1 aromatic carbocycles. The Morgan fingerprint density at radius 1 is 0.976 bits per heavy atom. The van der Waals surface area contributed by atoms with Crippen LogP contribution in [0.3, 0.4) is 0 Å². The lowest BCUT2D eigenvalue weighted by Crippen LogP contribution is -2.49. The fourth-order valence-corrected chi connectivity index (χ4v) is 4.83. The molecule has 1 aliphatic carbocycles. The highest BCUT2D eigenvalue weighted by Crippen LogP contribution is 2.47. The Balaban J connectivity index is 1.87. The molecule has 1 aliphatic heterocycles. The number of amides is 2. The summed E-state index contributed by atoms with van der Waals surface area (Å²) in [5.41, 5.74) is -4.98. The van der Waals surface area contributed by atoms with Crippen LogP contribution in [0.1, 0.15) is 67.7 Å². The third kappa shape index (κ3) is 6.65. The summed E-state index contributed by atoms with van der Waals surface area (Å²) in [6, 6.07) is 0.278. The van der Waals surface area contributed by atoms with Crippen LogP contribution in [0.15, 0.2) is 42.0 Å². The lowest BCUT2D eigenvalue weighted by molar-refractivity contribution is -0.143. The molecule has 228 valence electrons. The van der Waals surface area contributed by atoms with Gasteiger partial charge in [0, 0.05) is 13.5 Å². The lowest BCUT2D eigenvalue weighted by Gasteiger charge is -2.43. The van der Waals surface area contributed by atoms with E-state index in [0.29, 0.717) is 30.2 Å². The van der Waals surface area contributed by atoms with Crippen molar-refractivity contribution in [2.75, 3.05) is 4.90 Å². The van der Waals surface area contributed by atoms with Gasteiger partial charge in [0.1, 0.15) is 5.69 Å². The molecule has 2 amide bonds. The number of aromatic nitrogens is 1. The van der Waals surface area contributed by atoms with Crippen molar-refractivity contribution in [1.82, 2.24) is 9.88 Å². The summed E-state index contributed by atoms with van der Waals surface area (Å²) in [6.45, 7) is 3.29. The first kappa shape index (κ1) is 31.2. The van der Waals surface area contributed by atoms with E-state index in [1.807, 2.05) is 0 Å². The van der Waals surface area contributed by atoms with Crippen LogP contribution in [0.5, 0.6) is 0 Å². The second-order valence-electron chi connectivity index (χ2n) is 10.2. The highest BCUT2D eigenvalue weighted by molar-refractivity contribution is 5.91. The zero-order valence-electron chi connectivity index (χ0n) is 22.3. The van der Waals surface area contributed by atoms with Crippen LogP contribution in [0.25, 0.3) is 0 Å². The molecule has 0 saturated carbocycles. The summed E-state index contributed by atoms with van der Waals surface area (Å²) in [7, 11) is 0. The maximum atomic E-state index is 13.7. The molecule has 6 nitrogen and oxygen atoms in total. The van der Waals surface area contributed by atoms with Crippen molar-refractivity contribution in [3.8, 4) is 0 Å². The summed E-state index contributed by atoms with van der Waals surface area (Å²) in [4.78, 5) is 31.6. The molecule has 2 heterocycles. The number of ether oxygens (including phenoxy) is 1. The van der Waals surface area contributed by atoms with Crippen LogP contribution >= 0.6 is 0 Å². The minimum Gasteiger partial charge on any atom is -0.446 e. The van der Waals surface area contributed by atoms with Gasteiger partial charge >= 0.3 is 24.6 Å². The number of rotatable bonds is 5. The van der Waals surface area contributed by atoms with Crippen molar-refractivity contribution in [2.45, 2.75) is 76.9 Å². The van der Waals surface area contributed by atoms with E-state index in [0.717, 1.165) is 22.8 Å². The van der Waals surface area contributed by atoms with Crippen LogP contribution in [0.4, 0.5) is 50.0 Å². The fraction of sp³-hybridized carbons (Fsp3) is 0.444. The molecule has 2 unspecified atom stereocenters. The molecule has 2 aliphatic rings. The topological polar surface area (TPSA) is 62.7 Å². The SMILES string of the molecule is CC(=O)N(Cc1cc(C(F)(F)F)cc(C(F)(F)F)c1)C1CC(C2=CC2)N(C(=O)OC(C)C)c2ccc(C(F)(F)F)nc21. The number of pyridine rings is 1. The molecule has 2 atom stereocenters. The number of carbonyl (C=O) groups excluding carboxylic acids is 2. The van der Waals surface area contributed by atoms with Crippen molar-refractivity contribution in [1.29, 1.82) is 0 Å². The lowest BCUT2D eigenvalue weighted by atomic mass is 9.91. The van der Waals surface area contributed by atoms with E-state index in [9.17, 15) is 49.1 Å². The summed E-state index contributed by atoms with van der Waals surface area (Å²) in [5.74, 6) is -0.849. The van der Waals surface area contributed by atoms with E-state index in [4.69, 9.17) is 4.74 Å². The van der Waals surface area contributed by atoms with E-state index < -0.39 is 83.3 Å². The Labute approximate surface area is 233 Å². The van der Waals surface area contributed by atoms with Crippen molar-refractivity contribution in [2.24, 2.45) is 0 Å². The normalized spacial score (nSPS) is 18.9. The van der Waals surface area contributed by atoms with E-state index in [1.165, 1.54) is 0 Å². The van der Waals surface area contributed by atoms with Gasteiger partial charge in [-0.05, 0) is 68.2 Å².